The third-order valence-electron chi connectivity index (χ3n) is 5.08. The van der Waals surface area contributed by atoms with Crippen LogP contribution in [0.3, 0.4) is 0 Å². The molecule has 0 bridgehead atoms. The maximum absolute atomic E-state index is 13.1. The van der Waals surface area contributed by atoms with Crippen molar-refractivity contribution in [2.45, 2.75) is 26.3 Å². The van der Waals surface area contributed by atoms with Crippen LogP contribution in [-0.2, 0) is 9.47 Å². The maximum atomic E-state index is 13.1. The van der Waals surface area contributed by atoms with Crippen molar-refractivity contribution in [3.05, 3.63) is 59.7 Å². The molecule has 0 atom stereocenters. The Hall–Kier alpha value is -2.70. The molecule has 1 aliphatic heterocycles. The minimum atomic E-state index is -0.608. The molecule has 29 heavy (non-hydrogen) atoms. The Morgan fingerprint density at radius 3 is 2.34 bits per heavy atom. The van der Waals surface area contributed by atoms with Gasteiger partial charge in [-0.05, 0) is 57.2 Å². The molecule has 2 aromatic carbocycles. The zero-order chi connectivity index (χ0) is 20.9. The minimum absolute atomic E-state index is 0.0536. The van der Waals surface area contributed by atoms with E-state index in [0.717, 1.165) is 13.1 Å². The molecule has 2 aromatic rings. The van der Waals surface area contributed by atoms with Crippen molar-refractivity contribution in [1.82, 2.24) is 4.90 Å². The van der Waals surface area contributed by atoms with E-state index in [0.29, 0.717) is 42.4 Å². The number of ketones is 1. The standard InChI is InChI=1S/C23H27NO5/c1-4-28-22(26)19-7-5-6-8-20(19)29-18-11-9-17(10-12-18)21(25)23(2,3)24-13-15-27-16-14-24/h5-12H,4,13-16H2,1-3H3. The van der Waals surface area contributed by atoms with Crippen molar-refractivity contribution in [2.24, 2.45) is 0 Å². The number of Topliss-reactive ketones (excluding diaryl/α,β-unsaturated/α-hetero) is 1. The Labute approximate surface area is 171 Å². The molecule has 1 fully saturated rings. The second-order valence-electron chi connectivity index (χ2n) is 7.33. The number of nitrogens with zero attached hydrogens (tertiary/aromatic N) is 1. The molecular formula is C23H27NO5. The lowest BCUT2D eigenvalue weighted by Gasteiger charge is -2.39. The van der Waals surface area contributed by atoms with Gasteiger partial charge in [0.15, 0.2) is 5.78 Å². The summed E-state index contributed by atoms with van der Waals surface area (Å²) in [6.45, 7) is 8.71. The maximum Gasteiger partial charge on any atom is 0.341 e. The fourth-order valence-electron chi connectivity index (χ4n) is 3.35. The summed E-state index contributed by atoms with van der Waals surface area (Å²) >= 11 is 0. The average molecular weight is 397 g/mol. The van der Waals surface area contributed by atoms with Gasteiger partial charge in [0.2, 0.25) is 0 Å². The number of carbonyl (C=O) groups excluding carboxylic acids is 2. The van der Waals surface area contributed by atoms with E-state index >= 15 is 0 Å². The predicted molar refractivity (Wildman–Crippen MR) is 110 cm³/mol. The number of hydrogen-bond donors (Lipinski definition) is 0. The molecular weight excluding hydrogens is 370 g/mol. The largest absolute Gasteiger partial charge is 0.462 e. The lowest BCUT2D eigenvalue weighted by Crippen LogP contribution is -2.54. The summed E-state index contributed by atoms with van der Waals surface area (Å²) in [4.78, 5) is 27.3. The molecule has 0 amide bonds. The molecule has 0 spiro atoms. The summed E-state index contributed by atoms with van der Waals surface area (Å²) in [6, 6.07) is 13.9. The van der Waals surface area contributed by atoms with Crippen molar-refractivity contribution >= 4 is 11.8 Å². The normalized spacial score (nSPS) is 15.0. The lowest BCUT2D eigenvalue weighted by molar-refractivity contribution is -0.00430. The Bertz CT molecular complexity index is 854. The van der Waals surface area contributed by atoms with Crippen molar-refractivity contribution in [3.8, 4) is 11.5 Å². The number of esters is 1. The van der Waals surface area contributed by atoms with Gasteiger partial charge in [-0.3, -0.25) is 9.69 Å². The number of carbonyl (C=O) groups is 2. The highest BCUT2D eigenvalue weighted by Crippen LogP contribution is 2.28. The molecule has 0 aliphatic carbocycles. The zero-order valence-corrected chi connectivity index (χ0v) is 17.1. The topological polar surface area (TPSA) is 65.1 Å². The molecule has 154 valence electrons. The molecule has 1 heterocycles. The van der Waals surface area contributed by atoms with Gasteiger partial charge in [-0.25, -0.2) is 4.79 Å². The van der Waals surface area contributed by atoms with Gasteiger partial charge in [0.05, 0.1) is 25.4 Å². The average Bonchev–Trinajstić information content (AvgIpc) is 2.75. The summed E-state index contributed by atoms with van der Waals surface area (Å²) in [5.41, 5.74) is 0.373. The number of hydrogen-bond acceptors (Lipinski definition) is 6. The van der Waals surface area contributed by atoms with Crippen LogP contribution < -0.4 is 4.74 Å². The van der Waals surface area contributed by atoms with Crippen LogP contribution >= 0.6 is 0 Å². The molecule has 1 saturated heterocycles. The molecule has 0 N–H and O–H groups in total. The predicted octanol–water partition coefficient (Wildman–Crippen LogP) is 3.95. The second kappa shape index (κ2) is 9.20. The van der Waals surface area contributed by atoms with Crippen LogP contribution in [0.5, 0.6) is 11.5 Å². The SMILES string of the molecule is CCOC(=O)c1ccccc1Oc1ccc(C(=O)C(C)(C)N2CCOCC2)cc1. The third-order valence-corrected chi connectivity index (χ3v) is 5.08. The summed E-state index contributed by atoms with van der Waals surface area (Å²) in [7, 11) is 0. The van der Waals surface area contributed by atoms with Gasteiger partial charge in [-0.1, -0.05) is 12.1 Å². The van der Waals surface area contributed by atoms with E-state index in [2.05, 4.69) is 4.90 Å². The highest BCUT2D eigenvalue weighted by molar-refractivity contribution is 6.02. The van der Waals surface area contributed by atoms with Crippen LogP contribution in [0.15, 0.2) is 48.5 Å². The molecule has 0 radical (unpaired) electrons. The van der Waals surface area contributed by atoms with Crippen LogP contribution in [0.4, 0.5) is 0 Å². The molecule has 6 nitrogen and oxygen atoms in total. The highest BCUT2D eigenvalue weighted by Gasteiger charge is 2.35. The molecule has 0 saturated carbocycles. The molecule has 0 unspecified atom stereocenters. The Morgan fingerprint density at radius 1 is 1.03 bits per heavy atom. The Balaban J connectivity index is 1.74. The Kier molecular flexibility index (Phi) is 6.67. The van der Waals surface area contributed by atoms with Crippen LogP contribution in [0.2, 0.25) is 0 Å². The number of rotatable bonds is 7. The van der Waals surface area contributed by atoms with Crippen molar-refractivity contribution in [1.29, 1.82) is 0 Å². The first-order valence-corrected chi connectivity index (χ1v) is 9.85. The fraction of sp³-hybridized carbons (Fsp3) is 0.391. The second-order valence-corrected chi connectivity index (χ2v) is 7.33. The first-order chi connectivity index (χ1) is 13.9. The van der Waals surface area contributed by atoms with Crippen molar-refractivity contribution in [2.75, 3.05) is 32.9 Å². The van der Waals surface area contributed by atoms with E-state index in [1.54, 1.807) is 55.5 Å². The lowest BCUT2D eigenvalue weighted by atomic mass is 9.91. The van der Waals surface area contributed by atoms with Gasteiger partial charge >= 0.3 is 5.97 Å². The van der Waals surface area contributed by atoms with Gasteiger partial charge in [0, 0.05) is 18.7 Å². The minimum Gasteiger partial charge on any atom is -0.462 e. The van der Waals surface area contributed by atoms with Gasteiger partial charge in [0.25, 0.3) is 0 Å². The monoisotopic (exact) mass is 397 g/mol. The van der Waals surface area contributed by atoms with Gasteiger partial charge in [-0.15, -0.1) is 0 Å². The van der Waals surface area contributed by atoms with Crippen LogP contribution in [0.1, 0.15) is 41.5 Å². The number of para-hydroxylation sites is 1. The summed E-state index contributed by atoms with van der Waals surface area (Å²) < 4.78 is 16.3. The van der Waals surface area contributed by atoms with Crippen LogP contribution in [-0.4, -0.2) is 55.1 Å². The zero-order valence-electron chi connectivity index (χ0n) is 17.1. The Morgan fingerprint density at radius 2 is 1.69 bits per heavy atom. The van der Waals surface area contributed by atoms with E-state index in [-0.39, 0.29) is 5.78 Å². The fourth-order valence-corrected chi connectivity index (χ4v) is 3.35. The van der Waals surface area contributed by atoms with Crippen LogP contribution in [0.25, 0.3) is 0 Å². The molecule has 1 aliphatic rings. The number of morpholine rings is 1. The van der Waals surface area contributed by atoms with E-state index < -0.39 is 11.5 Å². The molecule has 6 heteroatoms. The van der Waals surface area contributed by atoms with E-state index in [9.17, 15) is 9.59 Å². The van der Waals surface area contributed by atoms with Crippen LogP contribution in [0, 0.1) is 0 Å². The van der Waals surface area contributed by atoms with Gasteiger partial charge in [0.1, 0.15) is 17.1 Å². The summed E-state index contributed by atoms with van der Waals surface area (Å²) in [5.74, 6) is 0.584. The highest BCUT2D eigenvalue weighted by atomic mass is 16.5. The van der Waals surface area contributed by atoms with E-state index in [4.69, 9.17) is 14.2 Å². The molecule has 0 aromatic heterocycles. The van der Waals surface area contributed by atoms with Gasteiger partial charge < -0.3 is 14.2 Å². The molecule has 3 rings (SSSR count). The van der Waals surface area contributed by atoms with Gasteiger partial charge in [-0.2, -0.15) is 0 Å². The number of benzene rings is 2. The first-order valence-electron chi connectivity index (χ1n) is 9.85. The third kappa shape index (κ3) is 4.83. The summed E-state index contributed by atoms with van der Waals surface area (Å²) in [6.07, 6.45) is 0. The smallest absolute Gasteiger partial charge is 0.341 e. The first kappa shape index (κ1) is 21.0. The van der Waals surface area contributed by atoms with E-state index in [1.165, 1.54) is 0 Å². The van der Waals surface area contributed by atoms with Crippen molar-refractivity contribution in [3.63, 3.8) is 0 Å². The number of ether oxygens (including phenoxy) is 3. The summed E-state index contributed by atoms with van der Waals surface area (Å²) in [5, 5.41) is 0. The van der Waals surface area contributed by atoms with Crippen molar-refractivity contribution < 1.29 is 23.8 Å². The van der Waals surface area contributed by atoms with E-state index in [1.807, 2.05) is 13.8 Å². The quantitative estimate of drug-likeness (QED) is 0.521.